The van der Waals surface area contributed by atoms with Gasteiger partial charge >= 0.3 is 10.2 Å². The number of rotatable bonds is 1. The smallest absolute Gasteiger partial charge is 0.311 e. The molecule has 0 aromatic heterocycles. The molecule has 2 aliphatic heterocycles. The molecule has 0 saturated carbocycles. The Bertz CT molecular complexity index is 787. The summed E-state index contributed by atoms with van der Waals surface area (Å²) in [6.45, 7) is 8.99. The summed E-state index contributed by atoms with van der Waals surface area (Å²) in [5, 5.41) is 0.178. The molecule has 3 rings (SSSR count). The maximum atomic E-state index is 12.5. The van der Waals surface area contributed by atoms with Gasteiger partial charge in [0.25, 0.3) is 5.91 Å². The Balaban J connectivity index is 0.00000176. The highest BCUT2D eigenvalue weighted by Gasteiger charge is 2.53. The Hall–Kier alpha value is -1.66. The zero-order chi connectivity index (χ0) is 15.4. The van der Waals surface area contributed by atoms with E-state index in [4.69, 9.17) is 18.2 Å². The third-order valence-corrected chi connectivity index (χ3v) is 6.24. The predicted octanol–water partition coefficient (Wildman–Crippen LogP) is 1.43. The molecule has 7 nitrogen and oxygen atoms in total. The van der Waals surface area contributed by atoms with Gasteiger partial charge in [-0.3, -0.25) is 4.79 Å². The zero-order valence-electron chi connectivity index (χ0n) is 11.7. The van der Waals surface area contributed by atoms with E-state index in [9.17, 15) is 13.2 Å². The standard InChI is InChI=1S/C13H12ClN3O3S.H2O/c1-8-10(6-5-9(15-2)12(8)14)17-13(18)11-4-3-7-16(11)21(17,19)20;/h5-6,11H,3-4,7H2,1H3;1H2/t11-;/m0./s1. The average molecular weight is 344 g/mol. The van der Waals surface area contributed by atoms with E-state index in [2.05, 4.69) is 4.85 Å². The van der Waals surface area contributed by atoms with Crippen LogP contribution < -0.4 is 4.31 Å². The molecule has 1 aromatic rings. The summed E-state index contributed by atoms with van der Waals surface area (Å²) in [5.74, 6) is -0.442. The minimum atomic E-state index is -3.84. The van der Waals surface area contributed by atoms with Gasteiger partial charge in [-0.15, -0.1) is 0 Å². The summed E-state index contributed by atoms with van der Waals surface area (Å²) < 4.78 is 27.1. The monoisotopic (exact) mass is 343 g/mol. The van der Waals surface area contributed by atoms with Gasteiger partial charge < -0.3 is 5.48 Å². The van der Waals surface area contributed by atoms with Crippen LogP contribution in [0.4, 0.5) is 11.4 Å². The molecule has 2 N–H and O–H groups in total. The molecule has 2 saturated heterocycles. The first kappa shape index (κ1) is 16.7. The maximum absolute atomic E-state index is 12.5. The minimum Gasteiger partial charge on any atom is -0.412 e. The van der Waals surface area contributed by atoms with E-state index in [1.807, 2.05) is 0 Å². The van der Waals surface area contributed by atoms with E-state index in [0.29, 0.717) is 24.9 Å². The lowest BCUT2D eigenvalue weighted by Gasteiger charge is -2.20. The molecule has 0 unspecified atom stereocenters. The Morgan fingerprint density at radius 1 is 1.41 bits per heavy atom. The van der Waals surface area contributed by atoms with Gasteiger partial charge in [-0.2, -0.15) is 17.0 Å². The number of nitrogens with zero attached hydrogens (tertiary/aromatic N) is 3. The van der Waals surface area contributed by atoms with Crippen molar-refractivity contribution in [2.45, 2.75) is 25.8 Å². The molecular formula is C13H14ClN3O4S. The molecule has 22 heavy (non-hydrogen) atoms. The Labute approximate surface area is 133 Å². The number of hydrogen-bond donors (Lipinski definition) is 0. The number of carbonyl (C=O) groups excluding carboxylic acids is 1. The van der Waals surface area contributed by atoms with Crippen LogP contribution in [0.25, 0.3) is 4.85 Å². The van der Waals surface area contributed by atoms with E-state index < -0.39 is 22.2 Å². The number of benzene rings is 1. The van der Waals surface area contributed by atoms with Gasteiger partial charge in [-0.1, -0.05) is 17.7 Å². The molecule has 0 spiro atoms. The van der Waals surface area contributed by atoms with E-state index >= 15 is 0 Å². The molecule has 1 aromatic carbocycles. The average Bonchev–Trinajstić information content (AvgIpc) is 2.99. The van der Waals surface area contributed by atoms with Crippen molar-refractivity contribution in [3.63, 3.8) is 0 Å². The van der Waals surface area contributed by atoms with Crippen molar-refractivity contribution in [2.24, 2.45) is 0 Å². The van der Waals surface area contributed by atoms with Crippen LogP contribution in [0.5, 0.6) is 0 Å². The fourth-order valence-electron chi connectivity index (χ4n) is 2.83. The maximum Gasteiger partial charge on any atom is 0.311 e. The molecule has 2 fully saturated rings. The number of carbonyl (C=O) groups is 1. The number of amides is 1. The molecule has 0 aliphatic carbocycles. The second kappa shape index (κ2) is 5.52. The van der Waals surface area contributed by atoms with Crippen LogP contribution in [0.15, 0.2) is 12.1 Å². The highest BCUT2D eigenvalue weighted by atomic mass is 35.5. The van der Waals surface area contributed by atoms with E-state index in [-0.39, 0.29) is 21.9 Å². The van der Waals surface area contributed by atoms with Crippen LogP contribution in [0.2, 0.25) is 5.02 Å². The van der Waals surface area contributed by atoms with Gasteiger partial charge in [0.2, 0.25) is 5.69 Å². The molecule has 1 atom stereocenters. The van der Waals surface area contributed by atoms with Crippen LogP contribution in [0.3, 0.4) is 0 Å². The SMILES string of the molecule is O.[C-]#[N+]c1ccc(N2C(=O)[C@@H]3CCCN3S2(=O)=O)c(C)c1Cl. The van der Waals surface area contributed by atoms with Gasteiger partial charge in [0.1, 0.15) is 6.04 Å². The van der Waals surface area contributed by atoms with Gasteiger partial charge in [0.15, 0.2) is 0 Å². The first-order valence-electron chi connectivity index (χ1n) is 6.42. The second-order valence-corrected chi connectivity index (χ2v) is 7.14. The van der Waals surface area contributed by atoms with E-state index in [1.54, 1.807) is 6.92 Å². The van der Waals surface area contributed by atoms with Crippen LogP contribution in [-0.2, 0) is 15.0 Å². The highest BCUT2D eigenvalue weighted by Crippen LogP contribution is 2.41. The second-order valence-electron chi connectivity index (χ2n) is 5.03. The van der Waals surface area contributed by atoms with Crippen molar-refractivity contribution in [3.05, 3.63) is 34.1 Å². The summed E-state index contributed by atoms with van der Waals surface area (Å²) in [6, 6.07) is 2.30. The summed E-state index contributed by atoms with van der Waals surface area (Å²) in [6.07, 6.45) is 1.24. The van der Waals surface area contributed by atoms with Crippen LogP contribution in [-0.4, -0.2) is 36.7 Å². The molecule has 118 valence electrons. The molecule has 2 heterocycles. The normalized spacial score (nSPS) is 23.0. The topological polar surface area (TPSA) is 93.6 Å². The van der Waals surface area contributed by atoms with Crippen molar-refractivity contribution < 1.29 is 18.7 Å². The highest BCUT2D eigenvalue weighted by molar-refractivity contribution is 7.91. The first-order valence-corrected chi connectivity index (χ1v) is 8.19. The fraction of sp³-hybridized carbons (Fsp3) is 0.385. The molecule has 1 amide bonds. The molecule has 2 aliphatic rings. The summed E-state index contributed by atoms with van der Waals surface area (Å²) in [7, 11) is -3.84. The zero-order valence-corrected chi connectivity index (χ0v) is 13.3. The van der Waals surface area contributed by atoms with Gasteiger partial charge in [-0.25, -0.2) is 4.85 Å². The van der Waals surface area contributed by atoms with Gasteiger partial charge in [-0.05, 0) is 31.4 Å². The van der Waals surface area contributed by atoms with Crippen LogP contribution in [0.1, 0.15) is 18.4 Å². The number of anilines is 1. The summed E-state index contributed by atoms with van der Waals surface area (Å²) in [5.41, 5.74) is 0.887. The molecular weight excluding hydrogens is 330 g/mol. The van der Waals surface area contributed by atoms with Gasteiger partial charge in [0.05, 0.1) is 17.3 Å². The lowest BCUT2D eigenvalue weighted by Crippen LogP contribution is -2.34. The van der Waals surface area contributed by atoms with Crippen molar-refractivity contribution >= 4 is 39.1 Å². The Morgan fingerprint density at radius 2 is 2.09 bits per heavy atom. The van der Waals surface area contributed by atoms with Crippen molar-refractivity contribution in [3.8, 4) is 0 Å². The van der Waals surface area contributed by atoms with Crippen LogP contribution in [0, 0.1) is 13.5 Å². The van der Waals surface area contributed by atoms with Crippen LogP contribution >= 0.6 is 11.6 Å². The van der Waals surface area contributed by atoms with Gasteiger partial charge in [0, 0.05) is 6.54 Å². The molecule has 0 bridgehead atoms. The fourth-order valence-corrected chi connectivity index (χ4v) is 4.91. The van der Waals surface area contributed by atoms with Crippen molar-refractivity contribution in [1.82, 2.24) is 4.31 Å². The summed E-state index contributed by atoms with van der Waals surface area (Å²) >= 11 is 6.08. The number of fused-ring (bicyclic) bond motifs is 1. The third kappa shape index (κ3) is 2.09. The quantitative estimate of drug-likeness (QED) is 0.722. The van der Waals surface area contributed by atoms with E-state index in [1.165, 1.54) is 16.4 Å². The Kier molecular flexibility index (Phi) is 4.19. The number of halogens is 1. The largest absolute Gasteiger partial charge is 0.412 e. The van der Waals surface area contributed by atoms with Crippen molar-refractivity contribution in [1.29, 1.82) is 0 Å². The predicted molar refractivity (Wildman–Crippen MR) is 82.2 cm³/mol. The lowest BCUT2D eigenvalue weighted by atomic mass is 10.1. The summed E-state index contributed by atoms with van der Waals surface area (Å²) in [4.78, 5) is 15.7. The first-order chi connectivity index (χ1) is 9.89. The minimum absolute atomic E-state index is 0. The number of hydrogen-bond acceptors (Lipinski definition) is 3. The Morgan fingerprint density at radius 3 is 2.68 bits per heavy atom. The lowest BCUT2D eigenvalue weighted by molar-refractivity contribution is -0.119. The van der Waals surface area contributed by atoms with Crippen molar-refractivity contribution in [2.75, 3.05) is 10.8 Å². The molecule has 9 heteroatoms. The molecule has 0 radical (unpaired) electrons. The third-order valence-electron chi connectivity index (χ3n) is 3.89. The van der Waals surface area contributed by atoms with E-state index in [0.717, 1.165) is 4.31 Å².